The van der Waals surface area contributed by atoms with Crippen molar-refractivity contribution < 1.29 is 93.6 Å². The van der Waals surface area contributed by atoms with Crippen LogP contribution in [0, 0.1) is 0 Å². The van der Waals surface area contributed by atoms with E-state index in [1.807, 2.05) is 17.8 Å². The molecule has 0 N–H and O–H groups in total. The summed E-state index contributed by atoms with van der Waals surface area (Å²) in [6, 6.07) is 10.7. The van der Waals surface area contributed by atoms with Gasteiger partial charge in [0, 0.05) is 11.7 Å². The van der Waals surface area contributed by atoms with Crippen molar-refractivity contribution >= 4 is 23.5 Å². The van der Waals surface area contributed by atoms with Crippen molar-refractivity contribution in [3.05, 3.63) is 47.5 Å². The van der Waals surface area contributed by atoms with Crippen LogP contribution in [0.2, 0.25) is 0 Å². The maximum atomic E-state index is 13.9. The highest BCUT2D eigenvalue weighted by molar-refractivity contribution is 7.99. The molecule has 2 aromatic carbocycles. The van der Waals surface area contributed by atoms with E-state index in [2.05, 4.69) is 26.0 Å². The molecule has 0 aliphatic rings. The molecule has 0 aromatic heterocycles. The summed E-state index contributed by atoms with van der Waals surface area (Å²) < 4.78 is 246. The number of hydrogen-bond donors (Lipinski definition) is 0. The molecule has 0 heterocycles. The maximum Gasteiger partial charge on any atom is 0.460 e. The van der Waals surface area contributed by atoms with E-state index in [4.69, 9.17) is 18.9 Å². The lowest BCUT2D eigenvalue weighted by atomic mass is 9.88. The van der Waals surface area contributed by atoms with Crippen molar-refractivity contribution in [2.45, 2.75) is 98.8 Å². The normalized spacial score (nSPS) is 14.1. The third kappa shape index (κ3) is 11.5. The number of thioether (sulfide) groups is 2. The minimum atomic E-state index is -8.61. The molecule has 4 nitrogen and oxygen atoms in total. The third-order valence-electron chi connectivity index (χ3n) is 8.13. The monoisotopic (exact) mass is 912 g/mol. The van der Waals surface area contributed by atoms with Crippen LogP contribution in [0.15, 0.2) is 36.4 Å². The second-order valence-electron chi connectivity index (χ2n) is 12.4. The average molecular weight is 913 g/mol. The van der Waals surface area contributed by atoms with E-state index in [0.717, 1.165) is 17.9 Å². The minimum absolute atomic E-state index is 0.130. The fourth-order valence-corrected chi connectivity index (χ4v) is 6.69. The lowest BCUT2D eigenvalue weighted by molar-refractivity contribution is -0.461. The Balaban J connectivity index is 0.000000820. The van der Waals surface area contributed by atoms with Gasteiger partial charge in [-0.05, 0) is 78.3 Å². The highest BCUT2D eigenvalue weighted by Crippen LogP contribution is 2.64. The zero-order valence-corrected chi connectivity index (χ0v) is 33.2. The summed E-state index contributed by atoms with van der Waals surface area (Å²) in [5.74, 6) is -53.9. The molecule has 58 heavy (non-hydrogen) atoms. The molecule has 1 atom stereocenters. The topological polar surface area (TPSA) is 36.9 Å². The number of rotatable bonds is 22. The Morgan fingerprint density at radius 1 is 0.517 bits per heavy atom. The molecule has 0 radical (unpaired) electrons. The van der Waals surface area contributed by atoms with Gasteiger partial charge in [0.2, 0.25) is 0 Å². The quantitative estimate of drug-likeness (QED) is 0.0865. The lowest BCUT2D eigenvalue weighted by Crippen LogP contribution is -2.74. The number of halogens is 17. The van der Waals surface area contributed by atoms with Crippen LogP contribution in [0.1, 0.15) is 44.2 Å². The maximum absolute atomic E-state index is 13.9. The molecule has 0 fully saturated rings. The first-order chi connectivity index (χ1) is 26.4. The summed E-state index contributed by atoms with van der Waals surface area (Å²) in [7, 11) is 6.00. The molecule has 0 aliphatic heterocycles. The zero-order valence-electron chi connectivity index (χ0n) is 31.6. The van der Waals surface area contributed by atoms with E-state index in [1.54, 1.807) is 20.3 Å². The summed E-state index contributed by atoms with van der Waals surface area (Å²) >= 11 is 2.40. The number of methoxy groups -OCH3 is 4. The van der Waals surface area contributed by atoms with Crippen molar-refractivity contribution in [2.24, 2.45) is 0 Å². The molecule has 2 rings (SSSR count). The SMILES string of the molecule is CCCSC(C)Cc1ccc(OC)c(OC)c1.COc1ccc(CCCSCCC(F)(F)C(F)(F)C(F)(F)C(F)(F)C(F)(F)C(F)(F)C(F)(F)C(F)(F)F)cc1OC. The predicted molar refractivity (Wildman–Crippen MR) is 186 cm³/mol. The fourth-order valence-electron chi connectivity index (χ4n) is 4.79. The molecule has 0 bridgehead atoms. The third-order valence-corrected chi connectivity index (χ3v) is 10.6. The van der Waals surface area contributed by atoms with Gasteiger partial charge in [0.1, 0.15) is 0 Å². The largest absolute Gasteiger partial charge is 0.493 e. The van der Waals surface area contributed by atoms with Gasteiger partial charge in [0.15, 0.2) is 23.0 Å². The van der Waals surface area contributed by atoms with Crippen LogP contribution in [0.25, 0.3) is 0 Å². The Hall–Kier alpha value is -2.85. The Labute approximate surface area is 331 Å². The second kappa shape index (κ2) is 20.6. The van der Waals surface area contributed by atoms with Crippen LogP contribution in [0.4, 0.5) is 74.6 Å². The van der Waals surface area contributed by atoms with Crippen molar-refractivity contribution in [3.63, 3.8) is 0 Å². The molecule has 0 spiro atoms. The number of ether oxygens (including phenoxy) is 4. The Bertz CT molecular complexity index is 1570. The van der Waals surface area contributed by atoms with Crippen LogP contribution in [0.5, 0.6) is 23.0 Å². The standard InChI is InChI=1S/C21H19F17O2S.C14H22O2S/c1-39-12-6-5-11(10-13(12)40-2)4-3-8-41-9-7-14(22,23)15(24,25)16(26,27)17(28,29)18(30,31)19(32,33)20(34,35)21(36,37)38;1-5-8-17-11(2)9-12-6-7-13(15-3)14(10-12)16-4/h5-6,10H,3-4,7-9H2,1-2H3;6-7,10-11H,5,8-9H2,1-4H3. The number of alkyl halides is 17. The van der Waals surface area contributed by atoms with Gasteiger partial charge >= 0.3 is 47.6 Å². The molecule has 23 heteroatoms. The average Bonchev–Trinajstić information content (AvgIpc) is 3.14. The summed E-state index contributed by atoms with van der Waals surface area (Å²) in [4.78, 5) is 0. The first-order valence-corrected chi connectivity index (χ1v) is 18.9. The molecule has 1 unspecified atom stereocenters. The molecule has 0 aliphatic carbocycles. The van der Waals surface area contributed by atoms with Gasteiger partial charge in [-0.3, -0.25) is 0 Å². The molecule has 0 saturated heterocycles. The van der Waals surface area contributed by atoms with Crippen molar-refractivity contribution in [1.82, 2.24) is 0 Å². The number of aryl methyl sites for hydroxylation is 1. The number of hydrogen-bond acceptors (Lipinski definition) is 6. The van der Waals surface area contributed by atoms with E-state index in [1.165, 1.54) is 44.1 Å². The van der Waals surface area contributed by atoms with Gasteiger partial charge in [-0.1, -0.05) is 26.0 Å². The predicted octanol–water partition coefficient (Wildman–Crippen LogP) is 12.5. The molecular formula is C35H41F17O4S2. The van der Waals surface area contributed by atoms with Crippen LogP contribution in [-0.2, 0) is 12.8 Å². The highest BCUT2D eigenvalue weighted by Gasteiger charge is 2.95. The zero-order chi connectivity index (χ0) is 45.2. The number of benzene rings is 2. The van der Waals surface area contributed by atoms with Gasteiger partial charge in [-0.25, -0.2) is 0 Å². The van der Waals surface area contributed by atoms with E-state index < -0.39 is 59.8 Å². The Morgan fingerprint density at radius 2 is 0.931 bits per heavy atom. The lowest BCUT2D eigenvalue weighted by Gasteiger charge is -2.42. The molecule has 0 saturated carbocycles. The van der Waals surface area contributed by atoms with E-state index >= 15 is 0 Å². The Kier molecular flexibility index (Phi) is 18.9. The van der Waals surface area contributed by atoms with E-state index in [-0.39, 0.29) is 18.6 Å². The fraction of sp³-hybridized carbons (Fsp3) is 0.657. The second-order valence-corrected chi connectivity index (χ2v) is 15.1. The van der Waals surface area contributed by atoms with Crippen LogP contribution < -0.4 is 18.9 Å². The van der Waals surface area contributed by atoms with Gasteiger partial charge in [0.25, 0.3) is 0 Å². The summed E-state index contributed by atoms with van der Waals surface area (Å²) in [5.41, 5.74) is 1.91. The highest BCUT2D eigenvalue weighted by atomic mass is 32.2. The van der Waals surface area contributed by atoms with Gasteiger partial charge in [0.05, 0.1) is 28.4 Å². The minimum Gasteiger partial charge on any atom is -0.493 e. The molecular weight excluding hydrogens is 871 g/mol. The molecule has 0 amide bonds. The van der Waals surface area contributed by atoms with E-state index in [9.17, 15) is 74.6 Å². The first-order valence-electron chi connectivity index (χ1n) is 16.7. The first kappa shape index (κ1) is 53.2. The summed E-state index contributed by atoms with van der Waals surface area (Å²) in [6.07, 6.45) is -7.55. The van der Waals surface area contributed by atoms with Crippen molar-refractivity contribution in [1.29, 1.82) is 0 Å². The van der Waals surface area contributed by atoms with Crippen LogP contribution in [0.3, 0.4) is 0 Å². The smallest absolute Gasteiger partial charge is 0.460 e. The van der Waals surface area contributed by atoms with Gasteiger partial charge in [-0.2, -0.15) is 98.2 Å². The van der Waals surface area contributed by atoms with Crippen molar-refractivity contribution in [3.8, 4) is 23.0 Å². The summed E-state index contributed by atoms with van der Waals surface area (Å²) in [6.45, 7) is 4.49. The summed E-state index contributed by atoms with van der Waals surface area (Å²) in [5, 5.41) is 0.646. The Morgan fingerprint density at radius 3 is 1.36 bits per heavy atom. The van der Waals surface area contributed by atoms with E-state index in [0.29, 0.717) is 34.1 Å². The van der Waals surface area contributed by atoms with Crippen LogP contribution >= 0.6 is 23.5 Å². The van der Waals surface area contributed by atoms with Crippen molar-refractivity contribution in [2.75, 3.05) is 45.7 Å². The van der Waals surface area contributed by atoms with Crippen LogP contribution in [-0.4, -0.2) is 98.6 Å². The van der Waals surface area contributed by atoms with Gasteiger partial charge < -0.3 is 18.9 Å². The molecule has 2 aromatic rings. The van der Waals surface area contributed by atoms with Gasteiger partial charge in [-0.15, -0.1) is 0 Å². The molecule has 336 valence electrons.